The van der Waals surface area contributed by atoms with Gasteiger partial charge in [0.05, 0.1) is 0 Å². The second kappa shape index (κ2) is 7.54. The molecule has 3 nitrogen and oxygen atoms in total. The standard InChI is InChI=1S/C14H21BrN2O/c1-3-13(16)9-14(18)17-10(2)8-11-4-6-12(15)7-5-11/h4-7,10,13H,3,8-9,16H2,1-2H3,(H,17,18). The molecule has 2 unspecified atom stereocenters. The van der Waals surface area contributed by atoms with Crippen LogP contribution >= 0.6 is 15.9 Å². The lowest BCUT2D eigenvalue weighted by atomic mass is 10.1. The van der Waals surface area contributed by atoms with Gasteiger partial charge >= 0.3 is 0 Å². The second-order valence-electron chi connectivity index (χ2n) is 4.67. The summed E-state index contributed by atoms with van der Waals surface area (Å²) in [7, 11) is 0. The zero-order chi connectivity index (χ0) is 13.5. The maximum absolute atomic E-state index is 11.7. The molecule has 0 heterocycles. The predicted molar refractivity (Wildman–Crippen MR) is 78.3 cm³/mol. The highest BCUT2D eigenvalue weighted by Crippen LogP contribution is 2.11. The molecule has 0 saturated heterocycles. The summed E-state index contributed by atoms with van der Waals surface area (Å²) in [5.41, 5.74) is 6.97. The first-order chi connectivity index (χ1) is 8.51. The molecule has 1 rings (SSSR count). The molecule has 4 heteroatoms. The molecule has 0 spiro atoms. The monoisotopic (exact) mass is 312 g/mol. The summed E-state index contributed by atoms with van der Waals surface area (Å²) >= 11 is 3.40. The summed E-state index contributed by atoms with van der Waals surface area (Å²) in [4.78, 5) is 11.7. The van der Waals surface area contributed by atoms with Gasteiger partial charge in [-0.3, -0.25) is 4.79 Å². The smallest absolute Gasteiger partial charge is 0.221 e. The fourth-order valence-electron chi connectivity index (χ4n) is 1.74. The summed E-state index contributed by atoms with van der Waals surface area (Å²) in [5, 5.41) is 2.98. The maximum atomic E-state index is 11.7. The van der Waals surface area contributed by atoms with E-state index in [0.717, 1.165) is 17.3 Å². The topological polar surface area (TPSA) is 55.1 Å². The van der Waals surface area contributed by atoms with Gasteiger partial charge in [-0.1, -0.05) is 35.0 Å². The number of amides is 1. The molecule has 3 N–H and O–H groups in total. The highest BCUT2D eigenvalue weighted by Gasteiger charge is 2.11. The summed E-state index contributed by atoms with van der Waals surface area (Å²) in [6.45, 7) is 4.00. The van der Waals surface area contributed by atoms with Gasteiger partial charge in [0, 0.05) is 23.0 Å². The molecule has 18 heavy (non-hydrogen) atoms. The number of hydrogen-bond acceptors (Lipinski definition) is 2. The first-order valence-corrected chi connectivity index (χ1v) is 7.10. The fourth-order valence-corrected chi connectivity index (χ4v) is 2.01. The average molecular weight is 313 g/mol. The van der Waals surface area contributed by atoms with Crippen LogP contribution in [0.2, 0.25) is 0 Å². The van der Waals surface area contributed by atoms with E-state index in [1.807, 2.05) is 26.0 Å². The third-order valence-electron chi connectivity index (χ3n) is 2.83. The van der Waals surface area contributed by atoms with Crippen LogP contribution in [0.3, 0.4) is 0 Å². The minimum atomic E-state index is -0.0371. The van der Waals surface area contributed by atoms with E-state index in [-0.39, 0.29) is 18.0 Å². The number of halogens is 1. The third kappa shape index (κ3) is 5.65. The lowest BCUT2D eigenvalue weighted by Gasteiger charge is -2.15. The Bertz CT molecular complexity index is 378. The van der Waals surface area contributed by atoms with Crippen molar-refractivity contribution in [3.05, 3.63) is 34.3 Å². The molecular weight excluding hydrogens is 292 g/mol. The Labute approximate surface area is 117 Å². The van der Waals surface area contributed by atoms with E-state index < -0.39 is 0 Å². The first-order valence-electron chi connectivity index (χ1n) is 6.30. The highest BCUT2D eigenvalue weighted by molar-refractivity contribution is 9.10. The third-order valence-corrected chi connectivity index (χ3v) is 3.36. The van der Waals surface area contributed by atoms with E-state index in [1.165, 1.54) is 5.56 Å². The van der Waals surface area contributed by atoms with Crippen molar-refractivity contribution in [1.82, 2.24) is 5.32 Å². The molecule has 0 aliphatic rings. The molecule has 0 aromatic heterocycles. The van der Waals surface area contributed by atoms with Crippen molar-refractivity contribution in [1.29, 1.82) is 0 Å². The first kappa shape index (κ1) is 15.2. The van der Waals surface area contributed by atoms with Crippen LogP contribution in [0.15, 0.2) is 28.7 Å². The molecule has 0 radical (unpaired) electrons. The fraction of sp³-hybridized carbons (Fsp3) is 0.500. The second-order valence-corrected chi connectivity index (χ2v) is 5.59. The Morgan fingerprint density at radius 3 is 2.56 bits per heavy atom. The average Bonchev–Trinajstić information content (AvgIpc) is 2.31. The zero-order valence-electron chi connectivity index (χ0n) is 10.9. The molecule has 2 atom stereocenters. The van der Waals surface area contributed by atoms with E-state index in [9.17, 15) is 4.79 Å². The van der Waals surface area contributed by atoms with Crippen molar-refractivity contribution >= 4 is 21.8 Å². The molecular formula is C14H21BrN2O. The van der Waals surface area contributed by atoms with Crippen molar-refractivity contribution < 1.29 is 4.79 Å². The Hall–Kier alpha value is -0.870. The lowest BCUT2D eigenvalue weighted by molar-refractivity contribution is -0.122. The molecule has 1 aromatic rings. The van der Waals surface area contributed by atoms with Crippen LogP contribution in [0.25, 0.3) is 0 Å². The van der Waals surface area contributed by atoms with E-state index in [0.29, 0.717) is 6.42 Å². The van der Waals surface area contributed by atoms with Crippen molar-refractivity contribution in [2.75, 3.05) is 0 Å². The van der Waals surface area contributed by atoms with Crippen molar-refractivity contribution in [2.45, 2.75) is 45.2 Å². The van der Waals surface area contributed by atoms with Crippen LogP contribution in [0, 0.1) is 0 Å². The number of rotatable bonds is 6. The summed E-state index contributed by atoms with van der Waals surface area (Å²) in [6.07, 6.45) is 2.07. The maximum Gasteiger partial charge on any atom is 0.221 e. The van der Waals surface area contributed by atoms with Crippen LogP contribution in [-0.4, -0.2) is 18.0 Å². The lowest BCUT2D eigenvalue weighted by Crippen LogP contribution is -2.37. The van der Waals surface area contributed by atoms with Gasteiger partial charge < -0.3 is 11.1 Å². The minimum Gasteiger partial charge on any atom is -0.353 e. The number of hydrogen-bond donors (Lipinski definition) is 2. The number of benzene rings is 1. The van der Waals surface area contributed by atoms with Crippen LogP contribution in [0.5, 0.6) is 0 Å². The van der Waals surface area contributed by atoms with E-state index in [2.05, 4.69) is 33.4 Å². The molecule has 100 valence electrons. The van der Waals surface area contributed by atoms with E-state index in [4.69, 9.17) is 5.73 Å². The van der Waals surface area contributed by atoms with Crippen LogP contribution in [-0.2, 0) is 11.2 Å². The van der Waals surface area contributed by atoms with Gasteiger partial charge in [0.15, 0.2) is 0 Å². The Morgan fingerprint density at radius 2 is 2.00 bits per heavy atom. The number of carbonyl (C=O) groups excluding carboxylic acids is 1. The molecule has 0 aliphatic carbocycles. The van der Waals surface area contributed by atoms with Crippen LogP contribution in [0.4, 0.5) is 0 Å². The van der Waals surface area contributed by atoms with Crippen LogP contribution in [0.1, 0.15) is 32.3 Å². The van der Waals surface area contributed by atoms with Gasteiger partial charge in [-0.15, -0.1) is 0 Å². The quantitative estimate of drug-likeness (QED) is 0.848. The van der Waals surface area contributed by atoms with Gasteiger partial charge in [0.25, 0.3) is 0 Å². The SMILES string of the molecule is CCC(N)CC(=O)NC(C)Cc1ccc(Br)cc1. The molecule has 1 aromatic carbocycles. The zero-order valence-corrected chi connectivity index (χ0v) is 12.5. The van der Waals surface area contributed by atoms with E-state index >= 15 is 0 Å². The molecule has 1 amide bonds. The van der Waals surface area contributed by atoms with Gasteiger partial charge in [-0.2, -0.15) is 0 Å². The highest BCUT2D eigenvalue weighted by atomic mass is 79.9. The van der Waals surface area contributed by atoms with Crippen molar-refractivity contribution in [3.8, 4) is 0 Å². The molecule has 0 bridgehead atoms. The van der Waals surface area contributed by atoms with Crippen molar-refractivity contribution in [3.63, 3.8) is 0 Å². The number of carbonyl (C=O) groups is 1. The Morgan fingerprint density at radius 1 is 1.39 bits per heavy atom. The molecule has 0 saturated carbocycles. The normalized spacial score (nSPS) is 14.0. The predicted octanol–water partition coefficient (Wildman–Crippen LogP) is 2.62. The van der Waals surface area contributed by atoms with Gasteiger partial charge in [0.2, 0.25) is 5.91 Å². The Kier molecular flexibility index (Phi) is 6.36. The number of nitrogens with two attached hydrogens (primary N) is 1. The van der Waals surface area contributed by atoms with Crippen LogP contribution < -0.4 is 11.1 Å². The minimum absolute atomic E-state index is 0.0361. The van der Waals surface area contributed by atoms with Crippen molar-refractivity contribution in [2.24, 2.45) is 5.73 Å². The van der Waals surface area contributed by atoms with Gasteiger partial charge in [0.1, 0.15) is 0 Å². The van der Waals surface area contributed by atoms with Gasteiger partial charge in [-0.05, 0) is 37.5 Å². The van der Waals surface area contributed by atoms with Gasteiger partial charge in [-0.25, -0.2) is 0 Å². The Balaban J connectivity index is 2.39. The molecule has 0 aliphatic heterocycles. The summed E-state index contributed by atoms with van der Waals surface area (Å²) in [6, 6.07) is 8.23. The summed E-state index contributed by atoms with van der Waals surface area (Å²) < 4.78 is 1.07. The van der Waals surface area contributed by atoms with E-state index in [1.54, 1.807) is 0 Å². The summed E-state index contributed by atoms with van der Waals surface area (Å²) in [5.74, 6) is 0.0361. The largest absolute Gasteiger partial charge is 0.353 e. The number of nitrogens with one attached hydrogen (secondary N) is 1. The molecule has 0 fully saturated rings.